The Labute approximate surface area is 335 Å². The topological polar surface area (TPSA) is 138 Å². The lowest BCUT2D eigenvalue weighted by Gasteiger charge is -2.19. The van der Waals surface area contributed by atoms with Crippen LogP contribution in [0.4, 0.5) is 0 Å². The number of hydrogen-bond acceptors (Lipinski definition) is 10. The second-order valence-corrected chi connectivity index (χ2v) is 16.5. The average Bonchev–Trinajstić information content (AvgIpc) is 3.79. The first-order valence-corrected chi connectivity index (χ1v) is 19.3. The van der Waals surface area contributed by atoms with Gasteiger partial charge in [0.25, 0.3) is 0 Å². The van der Waals surface area contributed by atoms with Crippen molar-refractivity contribution in [2.24, 2.45) is 0 Å². The van der Waals surface area contributed by atoms with Crippen molar-refractivity contribution >= 4 is 111 Å². The van der Waals surface area contributed by atoms with Crippen LogP contribution in [0.2, 0.25) is 0 Å². The SMILES string of the molecule is Cc1ccc2c(c1)C(=O)C(=O)c1cc(-c3ccc(C)s3)ccc1-2.O=C1C(=O)c2cc(I)ccc2-c2ccc(I)cc21.O[B]Oc1ccc(B(O)O)s1. The summed E-state index contributed by atoms with van der Waals surface area (Å²) in [5.74, 6) is -1.63. The number of thiophene rings is 2. The molecule has 0 fully saturated rings. The molecule has 52 heavy (non-hydrogen) atoms. The molecule has 0 atom stereocenters. The number of rotatable bonds is 4. The van der Waals surface area contributed by atoms with E-state index in [9.17, 15) is 19.2 Å². The van der Waals surface area contributed by atoms with E-state index in [2.05, 4.69) is 62.8 Å². The fourth-order valence-corrected chi connectivity index (χ4v) is 8.29. The van der Waals surface area contributed by atoms with Crippen molar-refractivity contribution in [3.8, 4) is 37.8 Å². The van der Waals surface area contributed by atoms with Crippen molar-refractivity contribution in [2.45, 2.75) is 13.8 Å². The maximum Gasteiger partial charge on any atom is 0.569 e. The zero-order chi connectivity index (χ0) is 37.3. The van der Waals surface area contributed by atoms with Gasteiger partial charge in [-0.05, 0) is 148 Å². The van der Waals surface area contributed by atoms with E-state index in [1.807, 2.05) is 67.6 Å². The molecule has 3 N–H and O–H groups in total. The molecule has 0 spiro atoms. The molecule has 14 heteroatoms. The quantitative estimate of drug-likeness (QED) is 0.0949. The number of fused-ring (bicyclic) bond motifs is 6. The van der Waals surface area contributed by atoms with E-state index in [0.29, 0.717) is 39.8 Å². The van der Waals surface area contributed by atoms with Crippen LogP contribution in [0.3, 0.4) is 0 Å². The molecule has 2 aliphatic carbocycles. The minimum atomic E-state index is -1.48. The van der Waals surface area contributed by atoms with E-state index in [4.69, 9.17) is 15.1 Å². The Morgan fingerprint density at radius 1 is 0.577 bits per heavy atom. The zero-order valence-electron chi connectivity index (χ0n) is 27.3. The smallest absolute Gasteiger partial charge is 0.530 e. The Morgan fingerprint density at radius 2 is 1.08 bits per heavy atom. The molecular weight excluding hydrogens is 924 g/mol. The molecule has 0 bridgehead atoms. The largest absolute Gasteiger partial charge is 0.569 e. The van der Waals surface area contributed by atoms with Crippen molar-refractivity contribution in [1.82, 2.24) is 0 Å². The highest BCUT2D eigenvalue weighted by Gasteiger charge is 2.32. The average molecular weight is 949 g/mol. The first kappa shape index (κ1) is 38.0. The van der Waals surface area contributed by atoms with Gasteiger partial charge in [-0.15, -0.1) is 22.7 Å². The monoisotopic (exact) mass is 949 g/mol. The minimum Gasteiger partial charge on any atom is -0.530 e. The Morgan fingerprint density at radius 3 is 1.56 bits per heavy atom. The van der Waals surface area contributed by atoms with Crippen molar-refractivity contribution < 1.29 is 38.9 Å². The molecule has 0 unspecified atom stereocenters. The number of aryl methyl sites for hydroxylation is 2. The van der Waals surface area contributed by atoms with Crippen LogP contribution in [0, 0.1) is 21.0 Å². The van der Waals surface area contributed by atoms with Crippen LogP contribution in [0.5, 0.6) is 5.06 Å². The van der Waals surface area contributed by atoms with E-state index in [1.165, 1.54) is 17.0 Å². The molecule has 1 radical (unpaired) electrons. The predicted octanol–water partition coefficient (Wildman–Crippen LogP) is 7.35. The molecule has 0 aliphatic heterocycles. The molecule has 0 amide bonds. The van der Waals surface area contributed by atoms with Gasteiger partial charge in [0.15, 0.2) is 5.06 Å². The van der Waals surface area contributed by atoms with Crippen LogP contribution in [0.25, 0.3) is 32.7 Å². The number of carbonyl (C=O) groups excluding carboxylic acids is 4. The lowest BCUT2D eigenvalue weighted by Crippen LogP contribution is -2.26. The molecular formula is C38H25B2I2O8S2. The van der Waals surface area contributed by atoms with Gasteiger partial charge in [-0.2, -0.15) is 0 Å². The van der Waals surface area contributed by atoms with Gasteiger partial charge in [-0.1, -0.05) is 42.0 Å². The van der Waals surface area contributed by atoms with Gasteiger partial charge in [0.05, 0.1) is 0 Å². The van der Waals surface area contributed by atoms with Gasteiger partial charge in [0.1, 0.15) is 0 Å². The molecule has 0 saturated carbocycles. The number of hydrogen-bond donors (Lipinski definition) is 3. The summed E-state index contributed by atoms with van der Waals surface area (Å²) < 4.78 is 6.86. The molecule has 2 heterocycles. The fraction of sp³-hybridized carbons (Fsp3) is 0.0526. The lowest BCUT2D eigenvalue weighted by molar-refractivity contribution is 0.0815. The number of carbonyl (C=O) groups is 4. The van der Waals surface area contributed by atoms with Crippen LogP contribution in [-0.2, 0) is 0 Å². The third-order valence-corrected chi connectivity index (χ3v) is 11.6. The molecule has 0 saturated heterocycles. The lowest BCUT2D eigenvalue weighted by atomic mass is 9.82. The number of ketones is 4. The summed E-state index contributed by atoms with van der Waals surface area (Å²) in [5.41, 5.74) is 7.43. The summed E-state index contributed by atoms with van der Waals surface area (Å²) in [6, 6.07) is 30.0. The van der Waals surface area contributed by atoms with Gasteiger partial charge in [0.2, 0.25) is 23.1 Å². The van der Waals surface area contributed by atoms with E-state index in [0.717, 1.165) is 56.7 Å². The summed E-state index contributed by atoms with van der Waals surface area (Å²) in [5, 5.41) is 25.9. The normalized spacial score (nSPS) is 12.3. The van der Waals surface area contributed by atoms with E-state index in [-0.39, 0.29) is 0 Å². The highest BCUT2D eigenvalue weighted by atomic mass is 127. The standard InChI is InChI=1S/C20H14O2S.C14H6I2O2.C4H5B2O4S/c1-11-3-6-14-15-7-5-13(18-8-4-12(2)23-18)10-17(15)20(22)19(21)16(14)9-11;15-7-1-3-9-10-4-2-8(16)6-12(10)14(18)13(17)11(9)5-7;7-5-10-4-2-1-3(11-4)6(8)9/h3-10H,1-2H3;1-6H;1-2,7-9H. The van der Waals surface area contributed by atoms with Crippen molar-refractivity contribution in [3.63, 3.8) is 0 Å². The summed E-state index contributed by atoms with van der Waals surface area (Å²) in [6.45, 7) is 3.98. The summed E-state index contributed by atoms with van der Waals surface area (Å²) in [4.78, 5) is 51.5. The highest BCUT2D eigenvalue weighted by Crippen LogP contribution is 2.38. The van der Waals surface area contributed by atoms with Crippen LogP contribution >= 0.6 is 67.9 Å². The second-order valence-electron chi connectivity index (χ2n) is 11.7. The fourth-order valence-electron chi connectivity index (χ4n) is 5.75. The molecule has 4 aromatic carbocycles. The predicted molar refractivity (Wildman–Crippen MR) is 222 cm³/mol. The Hall–Kier alpha value is -3.77. The zero-order valence-corrected chi connectivity index (χ0v) is 33.3. The van der Waals surface area contributed by atoms with E-state index < -0.39 is 30.3 Å². The van der Waals surface area contributed by atoms with Gasteiger partial charge >= 0.3 is 14.8 Å². The third kappa shape index (κ3) is 7.93. The summed E-state index contributed by atoms with van der Waals surface area (Å²) in [6.07, 6.45) is 0. The van der Waals surface area contributed by atoms with Crippen LogP contribution < -0.4 is 9.43 Å². The molecule has 257 valence electrons. The molecule has 2 aromatic heterocycles. The van der Waals surface area contributed by atoms with Crippen molar-refractivity contribution in [2.75, 3.05) is 0 Å². The number of halogens is 2. The summed E-state index contributed by atoms with van der Waals surface area (Å²) >= 11 is 7.02. The maximum absolute atomic E-state index is 12.5. The second kappa shape index (κ2) is 16.1. The van der Waals surface area contributed by atoms with Crippen LogP contribution in [0.15, 0.2) is 97.1 Å². The Kier molecular flexibility index (Phi) is 11.7. The molecule has 8 rings (SSSR count). The van der Waals surface area contributed by atoms with E-state index in [1.54, 1.807) is 29.5 Å². The molecule has 6 aromatic rings. The number of Topliss-reactive ketones (excluding diaryl/α,β-unsaturated/α-hetero) is 4. The first-order chi connectivity index (χ1) is 24.9. The van der Waals surface area contributed by atoms with E-state index >= 15 is 0 Å². The number of benzene rings is 4. The van der Waals surface area contributed by atoms with Gasteiger partial charge in [0, 0.05) is 43.9 Å². The van der Waals surface area contributed by atoms with Crippen molar-refractivity contribution in [3.05, 3.63) is 137 Å². The van der Waals surface area contributed by atoms with Gasteiger partial charge in [-0.3, -0.25) is 19.2 Å². The minimum absolute atomic E-state index is 0.377. The molecule has 2 aliphatic rings. The Balaban J connectivity index is 0.000000143. The molecule has 8 nitrogen and oxygen atoms in total. The van der Waals surface area contributed by atoms with Crippen LogP contribution in [-0.4, -0.2) is 53.0 Å². The van der Waals surface area contributed by atoms with Gasteiger partial charge in [-0.25, -0.2) is 0 Å². The maximum atomic E-state index is 12.5. The van der Waals surface area contributed by atoms with Crippen molar-refractivity contribution in [1.29, 1.82) is 0 Å². The van der Waals surface area contributed by atoms with Gasteiger partial charge < -0.3 is 19.7 Å². The third-order valence-electron chi connectivity index (χ3n) is 8.18. The first-order valence-electron chi connectivity index (χ1n) is 15.5. The summed E-state index contributed by atoms with van der Waals surface area (Å²) in [7, 11) is -0.935. The Bertz CT molecular complexity index is 2340. The van der Waals surface area contributed by atoms with Crippen LogP contribution in [0.1, 0.15) is 51.9 Å². The highest BCUT2D eigenvalue weighted by molar-refractivity contribution is 14.1.